The van der Waals surface area contributed by atoms with Crippen LogP contribution in [0.2, 0.25) is 0 Å². The van der Waals surface area contributed by atoms with Gasteiger partial charge in [0.25, 0.3) is 0 Å². The third-order valence-electron chi connectivity index (χ3n) is 3.93. The highest BCUT2D eigenvalue weighted by molar-refractivity contribution is 5.61. The van der Waals surface area contributed by atoms with Gasteiger partial charge in [-0.3, -0.25) is 4.90 Å². The van der Waals surface area contributed by atoms with Gasteiger partial charge in [0.2, 0.25) is 6.17 Å². The largest absolute Gasteiger partial charge is 0.356 e. The average molecular weight is 305 g/mol. The minimum Gasteiger partial charge on any atom is -0.356 e. The van der Waals surface area contributed by atoms with Crippen molar-refractivity contribution in [1.29, 1.82) is 0 Å². The molecule has 23 heavy (non-hydrogen) atoms. The molecular weight excluding hydrogens is 284 g/mol. The maximum absolute atomic E-state index is 4.44. The predicted molar refractivity (Wildman–Crippen MR) is 94.3 cm³/mol. The summed E-state index contributed by atoms with van der Waals surface area (Å²) in [5.41, 5.74) is 4.23. The smallest absolute Gasteiger partial charge is 0.224 e. The Morgan fingerprint density at radius 3 is 2.39 bits per heavy atom. The van der Waals surface area contributed by atoms with Gasteiger partial charge in [-0.25, -0.2) is 0 Å². The van der Waals surface area contributed by atoms with Gasteiger partial charge in [0.15, 0.2) is 0 Å². The van der Waals surface area contributed by atoms with Crippen LogP contribution in [0.4, 0.5) is 17.1 Å². The van der Waals surface area contributed by atoms with Crippen LogP contribution in [-0.4, -0.2) is 13.2 Å². The Labute approximate surface area is 136 Å². The van der Waals surface area contributed by atoms with Crippen molar-refractivity contribution in [1.82, 2.24) is 0 Å². The lowest BCUT2D eigenvalue weighted by Gasteiger charge is -2.20. The normalized spacial score (nSPS) is 20.5. The lowest BCUT2D eigenvalue weighted by molar-refractivity contribution is -0.859. The first kappa shape index (κ1) is 15.2. The van der Waals surface area contributed by atoms with E-state index in [4.69, 9.17) is 0 Å². The highest BCUT2D eigenvalue weighted by Gasteiger charge is 2.18. The van der Waals surface area contributed by atoms with Gasteiger partial charge in [-0.15, -0.1) is 5.11 Å². The Bertz CT molecular complexity index is 730. The summed E-state index contributed by atoms with van der Waals surface area (Å²) in [4.78, 5) is 1.25. The Balaban J connectivity index is 1.65. The van der Waals surface area contributed by atoms with E-state index in [0.29, 0.717) is 0 Å². The first-order chi connectivity index (χ1) is 11.2. The van der Waals surface area contributed by atoms with Gasteiger partial charge >= 0.3 is 0 Å². The highest BCUT2D eigenvalue weighted by atomic mass is 15.3. The number of hydrogen-bond acceptors (Lipinski definition) is 3. The molecule has 0 amide bonds. The Morgan fingerprint density at radius 1 is 0.957 bits per heavy atom. The molecule has 0 spiro atoms. The summed E-state index contributed by atoms with van der Waals surface area (Å²) in [5, 5.41) is 12.2. The second kappa shape index (κ2) is 7.03. The second-order valence-electron chi connectivity index (χ2n) is 5.62. The lowest BCUT2D eigenvalue weighted by atomic mass is 10.2. The number of likely N-dealkylation sites (N-methyl/N-ethyl adjacent to an activating group) is 1. The quantitative estimate of drug-likeness (QED) is 0.828. The summed E-state index contributed by atoms with van der Waals surface area (Å²) >= 11 is 0. The summed E-state index contributed by atoms with van der Waals surface area (Å²) in [6.45, 7) is 2.10. The molecule has 0 aliphatic carbocycles. The van der Waals surface area contributed by atoms with E-state index in [0.717, 1.165) is 17.1 Å². The highest BCUT2D eigenvalue weighted by Crippen LogP contribution is 2.20. The van der Waals surface area contributed by atoms with E-state index in [2.05, 4.69) is 41.7 Å². The number of para-hydroxylation sites is 1. The summed E-state index contributed by atoms with van der Waals surface area (Å²) in [6, 6.07) is 18.1. The lowest BCUT2D eigenvalue weighted by Crippen LogP contribution is -3.10. The van der Waals surface area contributed by atoms with Gasteiger partial charge in [0.05, 0.1) is 12.7 Å². The molecule has 0 aromatic heterocycles. The van der Waals surface area contributed by atoms with E-state index in [-0.39, 0.29) is 6.17 Å². The molecule has 1 heterocycles. The van der Waals surface area contributed by atoms with Crippen molar-refractivity contribution >= 4 is 17.1 Å². The van der Waals surface area contributed by atoms with E-state index >= 15 is 0 Å². The van der Waals surface area contributed by atoms with Crippen LogP contribution in [0.25, 0.3) is 0 Å². The summed E-state index contributed by atoms with van der Waals surface area (Å²) in [6.07, 6.45) is 6.25. The molecule has 0 saturated carbocycles. The van der Waals surface area contributed by atoms with Crippen molar-refractivity contribution in [3.05, 3.63) is 78.5 Å². The van der Waals surface area contributed by atoms with Crippen molar-refractivity contribution in [3.63, 3.8) is 0 Å². The molecule has 2 atom stereocenters. The van der Waals surface area contributed by atoms with Crippen LogP contribution in [-0.2, 0) is 0 Å². The van der Waals surface area contributed by atoms with Gasteiger partial charge in [0, 0.05) is 18.3 Å². The Kier molecular flexibility index (Phi) is 4.64. The molecule has 4 heteroatoms. The average Bonchev–Trinajstić information content (AvgIpc) is 2.58. The minimum absolute atomic E-state index is 0.0436. The van der Waals surface area contributed by atoms with Crippen LogP contribution in [0.1, 0.15) is 6.92 Å². The molecule has 2 aromatic carbocycles. The molecule has 0 fully saturated rings. The monoisotopic (exact) mass is 305 g/mol. The number of allylic oxidation sites excluding steroid dienone is 3. The first-order valence-corrected chi connectivity index (χ1v) is 7.74. The molecule has 1 aliphatic heterocycles. The topological polar surface area (TPSA) is 41.2 Å². The van der Waals surface area contributed by atoms with Crippen molar-refractivity contribution in [3.8, 4) is 0 Å². The molecular formula is C19H21N4+. The molecule has 3 rings (SSSR count). The molecule has 4 nitrogen and oxygen atoms in total. The van der Waals surface area contributed by atoms with Crippen LogP contribution < -0.4 is 10.2 Å². The third kappa shape index (κ3) is 3.93. The zero-order valence-electron chi connectivity index (χ0n) is 13.4. The predicted octanol–water partition coefficient (Wildman–Crippen LogP) is 3.83. The number of hydrogen-bond donors (Lipinski definition) is 2. The maximum atomic E-state index is 4.44. The van der Waals surface area contributed by atoms with Crippen LogP contribution in [0.5, 0.6) is 0 Å². The molecule has 2 unspecified atom stereocenters. The minimum atomic E-state index is 0.0436. The molecule has 2 N–H and O–H groups in total. The Morgan fingerprint density at radius 2 is 1.65 bits per heavy atom. The molecule has 0 radical (unpaired) electrons. The standard InChI is InChI=1S/C19H20N4/c1-15-7-6-10-19(23(15)2)22-21-18-13-11-17(12-14-18)20-16-8-4-3-5-9-16/h3-14,19-20H,1-2H3/p+1. The van der Waals surface area contributed by atoms with Crippen LogP contribution in [0, 0.1) is 0 Å². The van der Waals surface area contributed by atoms with Crippen LogP contribution in [0.3, 0.4) is 0 Å². The van der Waals surface area contributed by atoms with Crippen LogP contribution >= 0.6 is 0 Å². The number of anilines is 2. The van der Waals surface area contributed by atoms with E-state index < -0.39 is 0 Å². The number of nitrogens with one attached hydrogen (secondary N) is 2. The van der Waals surface area contributed by atoms with E-state index in [1.807, 2.05) is 60.7 Å². The zero-order chi connectivity index (χ0) is 16.1. The van der Waals surface area contributed by atoms with E-state index in [1.54, 1.807) is 0 Å². The first-order valence-electron chi connectivity index (χ1n) is 7.74. The molecule has 2 aromatic rings. The number of nitrogens with zero attached hydrogens (tertiary/aromatic N) is 2. The van der Waals surface area contributed by atoms with E-state index in [9.17, 15) is 0 Å². The van der Waals surface area contributed by atoms with Crippen molar-refractivity contribution < 1.29 is 4.90 Å². The van der Waals surface area contributed by atoms with Crippen molar-refractivity contribution in [2.24, 2.45) is 10.2 Å². The molecule has 1 aliphatic rings. The van der Waals surface area contributed by atoms with Gasteiger partial charge in [-0.05, 0) is 48.6 Å². The fourth-order valence-electron chi connectivity index (χ4n) is 2.37. The van der Waals surface area contributed by atoms with Crippen LogP contribution in [0.15, 0.2) is 88.8 Å². The Hall–Kier alpha value is -2.72. The van der Waals surface area contributed by atoms with Gasteiger partial charge in [-0.1, -0.05) is 24.3 Å². The van der Waals surface area contributed by atoms with Crippen molar-refractivity contribution in [2.75, 3.05) is 12.4 Å². The van der Waals surface area contributed by atoms with Crippen molar-refractivity contribution in [2.45, 2.75) is 13.1 Å². The molecule has 0 bridgehead atoms. The number of quaternary nitrogens is 1. The fraction of sp³-hybridized carbons (Fsp3) is 0.158. The number of rotatable bonds is 4. The summed E-state index contributed by atoms with van der Waals surface area (Å²) < 4.78 is 0. The SMILES string of the molecule is CC1=CC=CC(N=Nc2ccc(Nc3ccccc3)cc2)[NH+]1C. The second-order valence-corrected chi connectivity index (χ2v) is 5.62. The van der Waals surface area contributed by atoms with Gasteiger partial charge < -0.3 is 5.32 Å². The molecule has 116 valence electrons. The summed E-state index contributed by atoms with van der Waals surface area (Å²) in [5.74, 6) is 0. The molecule has 0 saturated heterocycles. The zero-order valence-corrected chi connectivity index (χ0v) is 13.4. The van der Waals surface area contributed by atoms with E-state index in [1.165, 1.54) is 10.6 Å². The van der Waals surface area contributed by atoms with Gasteiger partial charge in [-0.2, -0.15) is 5.11 Å². The third-order valence-corrected chi connectivity index (χ3v) is 3.93. The maximum Gasteiger partial charge on any atom is 0.224 e. The summed E-state index contributed by atoms with van der Waals surface area (Å²) in [7, 11) is 2.10. The van der Waals surface area contributed by atoms with Gasteiger partial charge in [0.1, 0.15) is 5.70 Å². The number of benzene rings is 2. The number of azo groups is 1. The fourth-order valence-corrected chi connectivity index (χ4v) is 2.37.